The van der Waals surface area contributed by atoms with E-state index in [1.807, 2.05) is 6.92 Å². The maximum absolute atomic E-state index is 11.7. The Morgan fingerprint density at radius 1 is 1.57 bits per heavy atom. The number of esters is 1. The predicted octanol–water partition coefficient (Wildman–Crippen LogP) is 3.93. The van der Waals surface area contributed by atoms with Crippen molar-refractivity contribution in [3.63, 3.8) is 0 Å². The van der Waals surface area contributed by atoms with E-state index in [4.69, 9.17) is 4.74 Å². The van der Waals surface area contributed by atoms with E-state index in [1.54, 1.807) is 0 Å². The van der Waals surface area contributed by atoms with E-state index in [2.05, 4.69) is 63.7 Å². The van der Waals surface area contributed by atoms with Crippen molar-refractivity contribution in [2.45, 2.75) is 28.0 Å². The topological polar surface area (TPSA) is 26.3 Å². The molecule has 1 fully saturated rings. The number of cyclic esters (lactones) is 1. The molecule has 1 saturated heterocycles. The molecule has 0 amide bonds. The first-order valence-corrected chi connectivity index (χ1v) is 7.63. The van der Waals surface area contributed by atoms with Gasteiger partial charge in [0.15, 0.2) is 2.14 Å². The Kier molecular flexibility index (Phi) is 4.53. The van der Waals surface area contributed by atoms with Crippen LogP contribution in [0.2, 0.25) is 0 Å². The highest BCUT2D eigenvalue weighted by molar-refractivity contribution is 9.39. The molecule has 2 unspecified atom stereocenters. The van der Waals surface area contributed by atoms with Crippen molar-refractivity contribution < 1.29 is 9.53 Å². The minimum Gasteiger partial charge on any atom is -0.459 e. The van der Waals surface area contributed by atoms with Gasteiger partial charge in [-0.15, -0.1) is 0 Å². The Balaban J connectivity index is 2.69. The van der Waals surface area contributed by atoms with Crippen LogP contribution < -0.4 is 0 Å². The second-order valence-corrected chi connectivity index (χ2v) is 11.2. The third-order valence-corrected chi connectivity index (χ3v) is 5.13. The van der Waals surface area contributed by atoms with Gasteiger partial charge in [0.05, 0.1) is 5.41 Å². The molecule has 0 aromatic carbocycles. The summed E-state index contributed by atoms with van der Waals surface area (Å²) in [4.78, 5) is 11.7. The summed E-state index contributed by atoms with van der Waals surface area (Å²) in [5, 5.41) is 0.644. The molecule has 1 aliphatic heterocycles. The summed E-state index contributed by atoms with van der Waals surface area (Å²) in [6, 6.07) is 0. The highest BCUT2D eigenvalue weighted by Gasteiger charge is 2.45. The molecule has 0 radical (unpaired) electrons. The number of carbonyl (C=O) groups is 1. The van der Waals surface area contributed by atoms with Gasteiger partial charge >= 0.3 is 5.97 Å². The molecule has 2 atom stereocenters. The summed E-state index contributed by atoms with van der Waals surface area (Å²) in [5.74, 6) is -0.145. The van der Waals surface area contributed by atoms with E-state index in [1.165, 1.54) is 0 Å². The zero-order valence-electron chi connectivity index (χ0n) is 7.53. The summed E-state index contributed by atoms with van der Waals surface area (Å²) in [6.07, 6.45) is 1.48. The molecular weight excluding hydrogens is 448 g/mol. The molecule has 82 valence electrons. The van der Waals surface area contributed by atoms with Crippen molar-refractivity contribution in [1.29, 1.82) is 0 Å². The summed E-state index contributed by atoms with van der Waals surface area (Å²) in [5.41, 5.74) is -0.380. The van der Waals surface area contributed by atoms with Crippen LogP contribution in [0.3, 0.4) is 0 Å². The average Bonchev–Trinajstić information content (AvgIpc) is 2.08. The van der Waals surface area contributed by atoms with E-state index in [0.717, 1.165) is 12.8 Å². The lowest BCUT2D eigenvalue weighted by molar-refractivity contribution is -0.165. The molecule has 1 rings (SSSR count). The minimum atomic E-state index is -0.504. The molecule has 1 aliphatic rings. The number of ether oxygens (including phenoxy) is 1. The molecule has 0 N–H and O–H groups in total. The minimum absolute atomic E-state index is 0.145. The van der Waals surface area contributed by atoms with Crippen LogP contribution in [0, 0.1) is 5.41 Å². The summed E-state index contributed by atoms with van der Waals surface area (Å²) < 4.78 is 4.84. The van der Waals surface area contributed by atoms with Gasteiger partial charge in [0.2, 0.25) is 0 Å². The first kappa shape index (κ1) is 13.5. The average molecular weight is 458 g/mol. The summed E-state index contributed by atoms with van der Waals surface area (Å²) >= 11 is 13.5. The lowest BCUT2D eigenvalue weighted by Crippen LogP contribution is -2.44. The van der Waals surface area contributed by atoms with Crippen molar-refractivity contribution in [1.82, 2.24) is 0 Å². The van der Waals surface area contributed by atoms with Gasteiger partial charge in [0.1, 0.15) is 6.10 Å². The lowest BCUT2D eigenvalue weighted by atomic mass is 9.85. The highest BCUT2D eigenvalue weighted by Crippen LogP contribution is 2.45. The quantitative estimate of drug-likeness (QED) is 0.440. The molecule has 0 saturated carbocycles. The smallest absolute Gasteiger partial charge is 0.313 e. The lowest BCUT2D eigenvalue weighted by Gasteiger charge is -2.37. The molecule has 0 aliphatic carbocycles. The number of alkyl halides is 4. The van der Waals surface area contributed by atoms with Crippen LogP contribution in [0.5, 0.6) is 0 Å². The number of carbonyl (C=O) groups excluding carboxylic acids is 1. The molecule has 0 aromatic rings. The van der Waals surface area contributed by atoms with E-state index in [0.29, 0.717) is 5.33 Å². The Morgan fingerprint density at radius 2 is 2.14 bits per heavy atom. The third-order valence-electron chi connectivity index (χ3n) is 2.36. The molecule has 0 bridgehead atoms. The van der Waals surface area contributed by atoms with Crippen molar-refractivity contribution in [3.8, 4) is 0 Å². The Hall–Kier alpha value is 1.39. The molecule has 0 aromatic heterocycles. The van der Waals surface area contributed by atoms with Crippen molar-refractivity contribution in [3.05, 3.63) is 0 Å². The zero-order valence-corrected chi connectivity index (χ0v) is 13.9. The molecule has 6 heteroatoms. The Bertz CT molecular complexity index is 238. The van der Waals surface area contributed by atoms with Crippen molar-refractivity contribution >= 4 is 69.7 Å². The van der Waals surface area contributed by atoms with Gasteiger partial charge in [0, 0.05) is 5.33 Å². The second kappa shape index (κ2) is 4.72. The van der Waals surface area contributed by atoms with Gasteiger partial charge in [-0.3, -0.25) is 4.79 Å². The molecule has 14 heavy (non-hydrogen) atoms. The van der Waals surface area contributed by atoms with Crippen LogP contribution in [0.25, 0.3) is 0 Å². The van der Waals surface area contributed by atoms with E-state index >= 15 is 0 Å². The number of rotatable bonds is 1. The molecular formula is C8H10Br4O2. The van der Waals surface area contributed by atoms with Gasteiger partial charge < -0.3 is 4.74 Å². The van der Waals surface area contributed by atoms with E-state index in [-0.39, 0.29) is 17.5 Å². The maximum atomic E-state index is 11.7. The fraction of sp³-hybridized carbons (Fsp3) is 0.875. The van der Waals surface area contributed by atoms with E-state index in [9.17, 15) is 4.79 Å². The number of hydrogen-bond acceptors (Lipinski definition) is 2. The maximum Gasteiger partial charge on any atom is 0.313 e. The zero-order chi connectivity index (χ0) is 11.0. The van der Waals surface area contributed by atoms with Crippen LogP contribution in [0.1, 0.15) is 19.8 Å². The first-order valence-electron chi connectivity index (χ1n) is 4.13. The first-order chi connectivity index (χ1) is 6.29. The van der Waals surface area contributed by atoms with Crippen LogP contribution in [0.15, 0.2) is 0 Å². The third kappa shape index (κ3) is 2.95. The molecule has 2 nitrogen and oxygen atoms in total. The van der Waals surface area contributed by atoms with Crippen molar-refractivity contribution in [2.24, 2.45) is 5.41 Å². The Morgan fingerprint density at radius 3 is 2.50 bits per heavy atom. The number of hydrogen-bond donors (Lipinski definition) is 0. The second-order valence-electron chi connectivity index (χ2n) is 3.67. The standard InChI is InChI=1S/C8H10Br4O2/c1-7(4-9)3-2-5(8(10,11)12)14-6(7)13/h5H,2-4H2,1H3. The van der Waals surface area contributed by atoms with Crippen LogP contribution in [-0.4, -0.2) is 19.5 Å². The van der Waals surface area contributed by atoms with Crippen molar-refractivity contribution in [2.75, 3.05) is 5.33 Å². The van der Waals surface area contributed by atoms with Crippen LogP contribution in [0.4, 0.5) is 0 Å². The fourth-order valence-corrected chi connectivity index (χ4v) is 2.71. The molecule has 0 spiro atoms. The normalized spacial score (nSPS) is 34.1. The molecule has 1 heterocycles. The van der Waals surface area contributed by atoms with Gasteiger partial charge in [-0.2, -0.15) is 0 Å². The highest BCUT2D eigenvalue weighted by atomic mass is 80.0. The van der Waals surface area contributed by atoms with Crippen LogP contribution in [-0.2, 0) is 9.53 Å². The SMILES string of the molecule is CC1(CBr)CCC(C(Br)(Br)Br)OC1=O. The monoisotopic (exact) mass is 454 g/mol. The van der Waals surface area contributed by atoms with Gasteiger partial charge in [-0.1, -0.05) is 63.7 Å². The number of halogens is 4. The van der Waals surface area contributed by atoms with Gasteiger partial charge in [-0.25, -0.2) is 0 Å². The largest absolute Gasteiger partial charge is 0.459 e. The van der Waals surface area contributed by atoms with E-state index < -0.39 is 2.14 Å². The fourth-order valence-electron chi connectivity index (χ4n) is 1.23. The van der Waals surface area contributed by atoms with Gasteiger partial charge in [0.25, 0.3) is 0 Å². The van der Waals surface area contributed by atoms with Crippen LogP contribution >= 0.6 is 63.7 Å². The predicted molar refractivity (Wildman–Crippen MR) is 70.5 cm³/mol. The van der Waals surface area contributed by atoms with Gasteiger partial charge in [-0.05, 0) is 19.8 Å². The Labute approximate surface area is 117 Å². The summed E-state index contributed by atoms with van der Waals surface area (Å²) in [6.45, 7) is 1.92. The summed E-state index contributed by atoms with van der Waals surface area (Å²) in [7, 11) is 0.